The number of nitrogens with zero attached hydrogens (tertiary/aromatic N) is 2. The van der Waals surface area contributed by atoms with Crippen LogP contribution < -0.4 is 5.32 Å². The topological polar surface area (TPSA) is 76.7 Å². The molecule has 0 aliphatic rings. The molecule has 0 saturated carbocycles. The number of hydrogen-bond acceptors (Lipinski definition) is 4. The molecule has 0 heterocycles. The SMILES string of the molecule is N#CC(C#N)=CNc1cc(Cl)ccc1C(=O)c1ccccc1. The number of nitrogens with one attached hydrogen (secondary N) is 1. The average molecular weight is 308 g/mol. The van der Waals surface area contributed by atoms with Crippen LogP contribution in [0.4, 0.5) is 5.69 Å². The molecule has 0 amide bonds. The summed E-state index contributed by atoms with van der Waals surface area (Å²) in [7, 11) is 0. The minimum absolute atomic E-state index is 0.0990. The zero-order valence-electron chi connectivity index (χ0n) is 11.4. The van der Waals surface area contributed by atoms with Gasteiger partial charge in [-0.25, -0.2) is 0 Å². The van der Waals surface area contributed by atoms with E-state index in [1.165, 1.54) is 6.20 Å². The van der Waals surface area contributed by atoms with Crippen LogP contribution in [0.3, 0.4) is 0 Å². The molecule has 4 nitrogen and oxygen atoms in total. The van der Waals surface area contributed by atoms with Gasteiger partial charge in [-0.15, -0.1) is 0 Å². The van der Waals surface area contributed by atoms with Crippen molar-refractivity contribution in [2.45, 2.75) is 0 Å². The molecule has 2 aromatic rings. The van der Waals surface area contributed by atoms with Crippen LogP contribution in [0.1, 0.15) is 15.9 Å². The van der Waals surface area contributed by atoms with Crippen molar-refractivity contribution in [1.82, 2.24) is 0 Å². The highest BCUT2D eigenvalue weighted by Crippen LogP contribution is 2.24. The number of anilines is 1. The minimum Gasteiger partial charge on any atom is -0.359 e. The second-order valence-electron chi connectivity index (χ2n) is 4.31. The second kappa shape index (κ2) is 7.08. The van der Waals surface area contributed by atoms with Gasteiger partial charge in [0.1, 0.15) is 17.7 Å². The number of rotatable bonds is 4. The van der Waals surface area contributed by atoms with Crippen LogP contribution in [-0.4, -0.2) is 5.78 Å². The molecule has 0 aliphatic heterocycles. The van der Waals surface area contributed by atoms with Crippen molar-refractivity contribution in [2.75, 3.05) is 5.32 Å². The summed E-state index contributed by atoms with van der Waals surface area (Å²) in [5.41, 5.74) is 1.28. The zero-order chi connectivity index (χ0) is 15.9. The number of ketones is 1. The second-order valence-corrected chi connectivity index (χ2v) is 4.75. The van der Waals surface area contributed by atoms with Gasteiger partial charge < -0.3 is 5.32 Å². The van der Waals surface area contributed by atoms with E-state index in [0.29, 0.717) is 21.8 Å². The van der Waals surface area contributed by atoms with E-state index >= 15 is 0 Å². The fraction of sp³-hybridized carbons (Fsp3) is 0. The first kappa shape index (κ1) is 15.3. The Hall–Kier alpha value is -3.08. The van der Waals surface area contributed by atoms with Gasteiger partial charge in [-0.2, -0.15) is 10.5 Å². The molecular weight excluding hydrogens is 298 g/mol. The van der Waals surface area contributed by atoms with Gasteiger partial charge in [0.15, 0.2) is 5.78 Å². The molecule has 0 spiro atoms. The van der Waals surface area contributed by atoms with Gasteiger partial charge in [0, 0.05) is 22.3 Å². The van der Waals surface area contributed by atoms with Gasteiger partial charge >= 0.3 is 0 Å². The first-order valence-electron chi connectivity index (χ1n) is 6.32. The van der Waals surface area contributed by atoms with Crippen LogP contribution in [0.2, 0.25) is 5.02 Å². The van der Waals surface area contributed by atoms with E-state index in [2.05, 4.69) is 5.32 Å². The van der Waals surface area contributed by atoms with Crippen molar-refractivity contribution >= 4 is 23.1 Å². The highest BCUT2D eigenvalue weighted by Gasteiger charge is 2.13. The fourth-order valence-corrected chi connectivity index (χ4v) is 1.99. The van der Waals surface area contributed by atoms with Crippen LogP contribution in [0.5, 0.6) is 0 Å². The summed E-state index contributed by atoms with van der Waals surface area (Å²) in [5, 5.41) is 20.7. The molecule has 1 N–H and O–H groups in total. The lowest BCUT2D eigenvalue weighted by Gasteiger charge is -2.09. The molecule has 0 saturated heterocycles. The van der Waals surface area contributed by atoms with E-state index in [1.54, 1.807) is 54.6 Å². The van der Waals surface area contributed by atoms with Gasteiger partial charge in [0.05, 0.1) is 5.69 Å². The van der Waals surface area contributed by atoms with E-state index in [0.717, 1.165) is 0 Å². The molecule has 0 unspecified atom stereocenters. The largest absolute Gasteiger partial charge is 0.359 e. The van der Waals surface area contributed by atoms with E-state index in [9.17, 15) is 4.79 Å². The van der Waals surface area contributed by atoms with E-state index in [4.69, 9.17) is 22.1 Å². The summed E-state index contributed by atoms with van der Waals surface area (Å²) in [5.74, 6) is -0.177. The third kappa shape index (κ3) is 3.52. The van der Waals surface area contributed by atoms with Crippen molar-refractivity contribution in [3.05, 3.63) is 76.5 Å². The Bertz CT molecular complexity index is 798. The Labute approximate surface area is 132 Å². The number of nitriles is 2. The molecule has 0 aromatic heterocycles. The number of benzene rings is 2. The van der Waals surface area contributed by atoms with Gasteiger partial charge in [0.2, 0.25) is 0 Å². The fourth-order valence-electron chi connectivity index (χ4n) is 1.82. The van der Waals surface area contributed by atoms with Crippen molar-refractivity contribution in [2.24, 2.45) is 0 Å². The van der Waals surface area contributed by atoms with E-state index in [-0.39, 0.29) is 11.4 Å². The molecule has 0 fully saturated rings. The van der Waals surface area contributed by atoms with Crippen LogP contribution >= 0.6 is 11.6 Å². The van der Waals surface area contributed by atoms with Crippen molar-refractivity contribution in [3.63, 3.8) is 0 Å². The minimum atomic E-state index is -0.177. The molecular formula is C17H10ClN3O. The molecule has 5 heteroatoms. The lowest BCUT2D eigenvalue weighted by atomic mass is 10.0. The standard InChI is InChI=1S/C17H10ClN3O/c18-14-6-7-15(17(22)13-4-2-1-3-5-13)16(8-14)21-11-12(9-19)10-20/h1-8,11,21H. The summed E-state index contributed by atoms with van der Waals surface area (Å²) in [6.07, 6.45) is 1.24. The first-order chi connectivity index (χ1) is 10.7. The molecule has 0 bridgehead atoms. The Morgan fingerprint density at radius 2 is 1.77 bits per heavy atom. The number of halogens is 1. The molecule has 0 radical (unpaired) electrons. The van der Waals surface area contributed by atoms with Crippen molar-refractivity contribution < 1.29 is 4.79 Å². The molecule has 0 atom stereocenters. The monoisotopic (exact) mass is 307 g/mol. The number of hydrogen-bond donors (Lipinski definition) is 1. The van der Waals surface area contributed by atoms with Crippen LogP contribution in [0, 0.1) is 22.7 Å². The summed E-state index contributed by atoms with van der Waals surface area (Å²) < 4.78 is 0. The molecule has 22 heavy (non-hydrogen) atoms. The maximum absolute atomic E-state index is 12.5. The van der Waals surface area contributed by atoms with E-state index in [1.807, 2.05) is 6.07 Å². The summed E-state index contributed by atoms with van der Waals surface area (Å²) in [4.78, 5) is 12.5. The third-order valence-corrected chi connectivity index (χ3v) is 3.11. The quantitative estimate of drug-likeness (QED) is 0.686. The third-order valence-electron chi connectivity index (χ3n) is 2.88. The number of allylic oxidation sites excluding steroid dienone is 1. The predicted octanol–water partition coefficient (Wildman–Crippen LogP) is 3.91. The van der Waals surface area contributed by atoms with Gasteiger partial charge in [-0.3, -0.25) is 4.79 Å². The molecule has 2 rings (SSSR count). The first-order valence-corrected chi connectivity index (χ1v) is 6.69. The summed E-state index contributed by atoms with van der Waals surface area (Å²) >= 11 is 5.95. The Morgan fingerprint density at radius 1 is 1.09 bits per heavy atom. The number of carbonyl (C=O) groups is 1. The Kier molecular flexibility index (Phi) is 4.93. The maximum Gasteiger partial charge on any atom is 0.195 e. The lowest BCUT2D eigenvalue weighted by molar-refractivity contribution is 0.103. The van der Waals surface area contributed by atoms with Crippen molar-refractivity contribution in [3.8, 4) is 12.1 Å². The van der Waals surface area contributed by atoms with Gasteiger partial charge in [-0.05, 0) is 18.2 Å². The van der Waals surface area contributed by atoms with Crippen LogP contribution in [0.15, 0.2) is 60.3 Å². The normalized spacial score (nSPS) is 9.23. The zero-order valence-corrected chi connectivity index (χ0v) is 12.1. The highest BCUT2D eigenvalue weighted by molar-refractivity contribution is 6.31. The van der Waals surface area contributed by atoms with Crippen molar-refractivity contribution in [1.29, 1.82) is 10.5 Å². The van der Waals surface area contributed by atoms with Crippen LogP contribution in [0.25, 0.3) is 0 Å². The van der Waals surface area contributed by atoms with Gasteiger partial charge in [-0.1, -0.05) is 41.9 Å². The Balaban J connectivity index is 2.41. The van der Waals surface area contributed by atoms with Gasteiger partial charge in [0.25, 0.3) is 0 Å². The smallest absolute Gasteiger partial charge is 0.195 e. The van der Waals surface area contributed by atoms with E-state index < -0.39 is 0 Å². The summed E-state index contributed by atoms with van der Waals surface area (Å²) in [6, 6.07) is 17.1. The summed E-state index contributed by atoms with van der Waals surface area (Å²) in [6.45, 7) is 0. The maximum atomic E-state index is 12.5. The lowest BCUT2D eigenvalue weighted by Crippen LogP contribution is -2.05. The highest BCUT2D eigenvalue weighted by atomic mass is 35.5. The van der Waals surface area contributed by atoms with Crippen LogP contribution in [-0.2, 0) is 0 Å². The molecule has 0 aliphatic carbocycles. The predicted molar refractivity (Wildman–Crippen MR) is 84.3 cm³/mol. The molecule has 106 valence electrons. The number of carbonyl (C=O) groups excluding carboxylic acids is 1. The molecule has 2 aromatic carbocycles. The Morgan fingerprint density at radius 3 is 2.41 bits per heavy atom. The average Bonchev–Trinajstić information content (AvgIpc) is 2.56.